The number of ketones is 1. The average molecular weight is 310 g/mol. The third-order valence-electron chi connectivity index (χ3n) is 1.69. The smallest absolute Gasteiger partial charge is 0.175 e. The summed E-state index contributed by atoms with van der Waals surface area (Å²) in [6, 6.07) is 1.61. The molecule has 7 heteroatoms. The number of thiophene rings is 1. The Kier molecular flexibility index (Phi) is 4.27. The van der Waals surface area contributed by atoms with E-state index in [9.17, 15) is 4.79 Å². The van der Waals surface area contributed by atoms with Crippen LogP contribution >= 0.6 is 57.6 Å². The maximum Gasteiger partial charge on any atom is 0.175 e. The zero-order valence-corrected chi connectivity index (χ0v) is 11.7. The van der Waals surface area contributed by atoms with Gasteiger partial charge in [-0.25, -0.2) is 4.98 Å². The molecule has 0 aliphatic carbocycles. The SMILES string of the molecule is O=C(CSc1nccs1)c1cc(Cl)sc1Cl. The van der Waals surface area contributed by atoms with Crippen molar-refractivity contribution < 1.29 is 4.79 Å². The van der Waals surface area contributed by atoms with Gasteiger partial charge in [-0.05, 0) is 6.07 Å². The Morgan fingerprint density at radius 3 is 2.88 bits per heavy atom. The van der Waals surface area contributed by atoms with Gasteiger partial charge in [0.25, 0.3) is 0 Å². The molecule has 16 heavy (non-hydrogen) atoms. The summed E-state index contributed by atoms with van der Waals surface area (Å²) in [5, 5.41) is 1.88. The minimum absolute atomic E-state index is 0.0200. The van der Waals surface area contributed by atoms with E-state index >= 15 is 0 Å². The number of hydrogen-bond acceptors (Lipinski definition) is 5. The highest BCUT2D eigenvalue weighted by Gasteiger charge is 2.14. The van der Waals surface area contributed by atoms with Crippen LogP contribution in [-0.2, 0) is 0 Å². The highest BCUT2D eigenvalue weighted by Crippen LogP contribution is 2.32. The number of nitrogens with zero attached hydrogens (tertiary/aromatic N) is 1. The van der Waals surface area contributed by atoms with E-state index in [2.05, 4.69) is 4.98 Å². The number of thioether (sulfide) groups is 1. The summed E-state index contributed by atoms with van der Waals surface area (Å²) >= 11 is 15.8. The van der Waals surface area contributed by atoms with Gasteiger partial charge in [0.15, 0.2) is 5.78 Å². The van der Waals surface area contributed by atoms with Gasteiger partial charge in [-0.15, -0.1) is 22.7 Å². The van der Waals surface area contributed by atoms with Crippen LogP contribution in [0, 0.1) is 0 Å². The maximum atomic E-state index is 11.8. The lowest BCUT2D eigenvalue weighted by Crippen LogP contribution is -2.00. The Balaban J connectivity index is 2.01. The number of carbonyl (C=O) groups excluding carboxylic acids is 1. The molecule has 0 unspecified atom stereocenters. The van der Waals surface area contributed by atoms with Gasteiger partial charge in [-0.1, -0.05) is 35.0 Å². The summed E-state index contributed by atoms with van der Waals surface area (Å²) in [6.07, 6.45) is 1.71. The summed E-state index contributed by atoms with van der Waals surface area (Å²) < 4.78 is 1.87. The van der Waals surface area contributed by atoms with Crippen molar-refractivity contribution in [2.75, 3.05) is 5.75 Å². The lowest BCUT2D eigenvalue weighted by Gasteiger charge is -1.96. The van der Waals surface area contributed by atoms with Crippen LogP contribution in [0.5, 0.6) is 0 Å². The first-order valence-corrected chi connectivity index (χ1v) is 7.61. The second-order valence-corrected chi connectivity index (χ2v) is 7.15. The second-order valence-electron chi connectivity index (χ2n) is 2.75. The molecular weight excluding hydrogens is 305 g/mol. The van der Waals surface area contributed by atoms with Gasteiger partial charge < -0.3 is 0 Å². The van der Waals surface area contributed by atoms with E-state index in [1.54, 1.807) is 12.3 Å². The molecule has 2 rings (SSSR count). The van der Waals surface area contributed by atoms with Crippen LogP contribution in [0.4, 0.5) is 0 Å². The number of aromatic nitrogens is 1. The molecule has 0 atom stereocenters. The van der Waals surface area contributed by atoms with E-state index in [0.717, 1.165) is 4.34 Å². The molecule has 0 amide bonds. The fourth-order valence-corrected chi connectivity index (χ4v) is 4.04. The molecular formula is C9H5Cl2NOS3. The number of halogens is 2. The van der Waals surface area contributed by atoms with Crippen molar-refractivity contribution >= 4 is 63.4 Å². The van der Waals surface area contributed by atoms with Crippen molar-refractivity contribution in [3.05, 3.63) is 31.9 Å². The number of hydrogen-bond donors (Lipinski definition) is 0. The van der Waals surface area contributed by atoms with Crippen LogP contribution in [0.2, 0.25) is 8.67 Å². The van der Waals surface area contributed by atoms with E-state index in [4.69, 9.17) is 23.2 Å². The minimum atomic E-state index is -0.0200. The first kappa shape index (κ1) is 12.4. The van der Waals surface area contributed by atoms with Crippen LogP contribution in [0.1, 0.15) is 10.4 Å². The monoisotopic (exact) mass is 309 g/mol. The molecule has 0 aliphatic rings. The molecule has 2 aromatic rings. The Morgan fingerprint density at radius 2 is 2.31 bits per heavy atom. The van der Waals surface area contributed by atoms with Crippen LogP contribution in [0.15, 0.2) is 22.0 Å². The predicted molar refractivity (Wildman–Crippen MR) is 71.5 cm³/mol. The van der Waals surface area contributed by atoms with Crippen molar-refractivity contribution in [2.45, 2.75) is 4.34 Å². The Labute approximate surface area is 115 Å². The van der Waals surface area contributed by atoms with Crippen LogP contribution in [0.25, 0.3) is 0 Å². The fraction of sp³-hybridized carbons (Fsp3) is 0.111. The minimum Gasteiger partial charge on any atom is -0.293 e. The molecule has 2 nitrogen and oxygen atoms in total. The van der Waals surface area contributed by atoms with Crippen molar-refractivity contribution in [1.82, 2.24) is 4.98 Å². The Hall–Kier alpha value is -0.0700. The highest BCUT2D eigenvalue weighted by atomic mass is 35.5. The number of Topliss-reactive ketones (excluding diaryl/α,β-unsaturated/α-hetero) is 1. The highest BCUT2D eigenvalue weighted by molar-refractivity contribution is 8.01. The van der Waals surface area contributed by atoms with E-state index < -0.39 is 0 Å². The van der Waals surface area contributed by atoms with Crippen LogP contribution < -0.4 is 0 Å². The molecule has 0 fully saturated rings. The van der Waals surface area contributed by atoms with Crippen molar-refractivity contribution in [2.24, 2.45) is 0 Å². The largest absolute Gasteiger partial charge is 0.293 e. The molecule has 0 bridgehead atoms. The van der Waals surface area contributed by atoms with Crippen LogP contribution in [0.3, 0.4) is 0 Å². The van der Waals surface area contributed by atoms with Gasteiger partial charge in [0, 0.05) is 17.1 Å². The summed E-state index contributed by atoms with van der Waals surface area (Å²) in [5.74, 6) is 0.314. The molecule has 0 N–H and O–H groups in total. The first-order valence-electron chi connectivity index (χ1n) is 4.17. The van der Waals surface area contributed by atoms with Crippen LogP contribution in [-0.4, -0.2) is 16.5 Å². The maximum absolute atomic E-state index is 11.8. The van der Waals surface area contributed by atoms with Crippen molar-refractivity contribution in [3.8, 4) is 0 Å². The van der Waals surface area contributed by atoms with Gasteiger partial charge in [0.05, 0.1) is 10.1 Å². The molecule has 0 saturated carbocycles. The normalized spacial score (nSPS) is 10.6. The summed E-state index contributed by atoms with van der Waals surface area (Å²) in [4.78, 5) is 15.9. The molecule has 0 spiro atoms. The zero-order valence-electron chi connectivity index (χ0n) is 7.78. The van der Waals surface area contributed by atoms with Gasteiger partial charge in [0.2, 0.25) is 0 Å². The molecule has 0 aliphatic heterocycles. The Bertz CT molecular complexity index is 495. The lowest BCUT2D eigenvalue weighted by molar-refractivity contribution is 0.102. The van der Waals surface area contributed by atoms with Gasteiger partial charge in [-0.2, -0.15) is 0 Å². The molecule has 0 aromatic carbocycles. The molecule has 2 heterocycles. The molecule has 0 radical (unpaired) electrons. The van der Waals surface area contributed by atoms with E-state index in [0.29, 0.717) is 20.0 Å². The third-order valence-corrected chi connectivity index (χ3v) is 5.15. The van der Waals surface area contributed by atoms with Crippen molar-refractivity contribution in [3.63, 3.8) is 0 Å². The molecule has 84 valence electrons. The summed E-state index contributed by atoms with van der Waals surface area (Å²) in [6.45, 7) is 0. The Morgan fingerprint density at radius 1 is 1.50 bits per heavy atom. The quantitative estimate of drug-likeness (QED) is 0.616. The van der Waals surface area contributed by atoms with Gasteiger partial charge in [0.1, 0.15) is 8.68 Å². The van der Waals surface area contributed by atoms with Crippen molar-refractivity contribution in [1.29, 1.82) is 0 Å². The predicted octanol–water partition coefficient (Wildman–Crippen LogP) is 4.49. The standard InChI is InChI=1S/C9H5Cl2NOS3/c10-7-3-5(8(11)16-7)6(13)4-15-9-12-1-2-14-9/h1-3H,4H2. The lowest BCUT2D eigenvalue weighted by atomic mass is 10.2. The van der Waals surface area contributed by atoms with Gasteiger partial charge in [-0.3, -0.25) is 4.79 Å². The number of rotatable bonds is 4. The topological polar surface area (TPSA) is 30.0 Å². The second kappa shape index (κ2) is 5.51. The fourth-order valence-electron chi connectivity index (χ4n) is 1.02. The van der Waals surface area contributed by atoms with E-state index in [-0.39, 0.29) is 5.78 Å². The zero-order chi connectivity index (χ0) is 11.5. The molecule has 0 saturated heterocycles. The van der Waals surface area contributed by atoms with E-state index in [1.807, 2.05) is 5.38 Å². The summed E-state index contributed by atoms with van der Waals surface area (Å²) in [5.41, 5.74) is 0.501. The van der Waals surface area contributed by atoms with Gasteiger partial charge >= 0.3 is 0 Å². The third kappa shape index (κ3) is 2.99. The summed E-state index contributed by atoms with van der Waals surface area (Å²) in [7, 11) is 0. The first-order chi connectivity index (χ1) is 7.66. The molecule has 2 aromatic heterocycles. The number of thiazole rings is 1. The van der Waals surface area contributed by atoms with E-state index in [1.165, 1.54) is 34.4 Å². The number of carbonyl (C=O) groups is 1. The average Bonchev–Trinajstić information content (AvgIpc) is 2.84.